The van der Waals surface area contributed by atoms with Gasteiger partial charge in [-0.25, -0.2) is 4.99 Å². The molecule has 0 aromatic heterocycles. The van der Waals surface area contributed by atoms with Gasteiger partial charge in [0.1, 0.15) is 22.9 Å². The summed E-state index contributed by atoms with van der Waals surface area (Å²) < 4.78 is 142. The molecular weight excluding hydrogens is 761 g/mol. The number of ether oxygens (including phenoxy) is 1. The Bertz CT molecular complexity index is 2470. The van der Waals surface area contributed by atoms with Crippen LogP contribution in [-0.4, -0.2) is 82.2 Å². The van der Waals surface area contributed by atoms with Crippen LogP contribution in [-0.2, 0) is 52.3 Å². The lowest BCUT2D eigenvalue weighted by Gasteiger charge is -2.36. The Morgan fingerprint density at radius 1 is 0.808 bits per heavy atom. The fraction of sp³-hybridized carbons (Fsp3) is 0.303. The number of allylic oxidation sites excluding steroid dienone is 3. The van der Waals surface area contributed by atoms with Gasteiger partial charge in [-0.1, -0.05) is 42.5 Å². The summed E-state index contributed by atoms with van der Waals surface area (Å²) in [4.78, 5) is 2.18. The number of rotatable bonds is 13. The number of aryl methyl sites for hydroxylation is 1. The van der Waals surface area contributed by atoms with Crippen LogP contribution < -0.4 is 15.0 Å². The van der Waals surface area contributed by atoms with Crippen molar-refractivity contribution in [3.8, 4) is 5.75 Å². The van der Waals surface area contributed by atoms with Gasteiger partial charge >= 0.3 is 0 Å². The summed E-state index contributed by atoms with van der Waals surface area (Å²) in [7, 11) is -18.2. The summed E-state index contributed by atoms with van der Waals surface area (Å²) in [5.74, 6) is -0.620. The monoisotopic (exact) mass is 797 g/mol. The molecule has 1 aliphatic heterocycles. The van der Waals surface area contributed by atoms with Gasteiger partial charge in [-0.05, 0) is 60.7 Å². The van der Waals surface area contributed by atoms with Crippen LogP contribution in [0.3, 0.4) is 0 Å². The molecule has 0 bridgehead atoms. The standard InChI is InChI=1S/C33H36N2O13S4/c1-21-17-22-18-23-20-33(2,25-10-4-6-12-29(25)52(45,46)47)32(35-14-8-16-50(39,40)41)30(24-9-3-5-11-28(24)51(42,43)44)31(23)48-27(22)19-26(21)34-13-7-15-49(36,37)38/h3-6,9-12,17,19-20,34H,7-8,13-16,18H2,1-2H3,(H,36,37,38)(H,39,40,41)(H,42,43,44)(H,45,46,47)/p+1. The normalized spacial score (nSPS) is 18.7. The maximum Gasteiger partial charge on any atom is 0.295 e. The van der Waals surface area contributed by atoms with E-state index in [4.69, 9.17) is 9.29 Å². The van der Waals surface area contributed by atoms with Crippen molar-refractivity contribution in [3.63, 3.8) is 0 Å². The minimum Gasteiger partial charge on any atom is -0.456 e. The third-order valence-electron chi connectivity index (χ3n) is 8.69. The minimum atomic E-state index is -4.89. The van der Waals surface area contributed by atoms with Gasteiger partial charge in [0.25, 0.3) is 40.5 Å². The molecule has 1 aliphatic carbocycles. The van der Waals surface area contributed by atoms with Gasteiger partial charge in [-0.2, -0.15) is 33.7 Å². The Kier molecular flexibility index (Phi) is 10.9. The van der Waals surface area contributed by atoms with Crippen molar-refractivity contribution < 1.29 is 61.6 Å². The van der Waals surface area contributed by atoms with Gasteiger partial charge in [-0.3, -0.25) is 18.2 Å². The summed E-state index contributed by atoms with van der Waals surface area (Å²) in [6, 6.07) is 14.6. The Hall–Kier alpha value is -3.95. The topological polar surface area (TPSA) is 253 Å². The molecule has 2 aliphatic rings. The number of benzene rings is 3. The van der Waals surface area contributed by atoms with E-state index in [1.807, 2.05) is 13.0 Å². The molecule has 0 saturated heterocycles. The van der Waals surface area contributed by atoms with Crippen molar-refractivity contribution in [1.29, 1.82) is 0 Å². The number of fused-ring (bicyclic) bond motifs is 2. The molecule has 0 radical (unpaired) electrons. The molecule has 6 N–H and O–H groups in total. The highest BCUT2D eigenvalue weighted by molar-refractivity contribution is 7.86. The highest BCUT2D eigenvalue weighted by atomic mass is 32.2. The van der Waals surface area contributed by atoms with E-state index >= 15 is 0 Å². The second-order valence-corrected chi connectivity index (χ2v) is 18.5. The molecule has 1 unspecified atom stereocenters. The number of nitrogens with one attached hydrogen (secondary N) is 2. The average molecular weight is 798 g/mol. The van der Waals surface area contributed by atoms with E-state index in [9.17, 15) is 47.3 Å². The first-order valence-electron chi connectivity index (χ1n) is 15.8. The molecule has 0 saturated carbocycles. The molecule has 52 heavy (non-hydrogen) atoms. The molecule has 3 aromatic carbocycles. The lowest BCUT2D eigenvalue weighted by atomic mass is 9.68. The Morgan fingerprint density at radius 3 is 2.04 bits per heavy atom. The molecule has 5 rings (SSSR count). The van der Waals surface area contributed by atoms with E-state index in [1.54, 1.807) is 25.1 Å². The smallest absolute Gasteiger partial charge is 0.295 e. The highest BCUT2D eigenvalue weighted by Crippen LogP contribution is 2.48. The van der Waals surface area contributed by atoms with Gasteiger partial charge in [-0.15, -0.1) is 0 Å². The van der Waals surface area contributed by atoms with Crippen LogP contribution in [0.15, 0.2) is 87.9 Å². The predicted molar refractivity (Wildman–Crippen MR) is 192 cm³/mol. The molecular formula is C33H37N2O13S4+. The molecule has 1 heterocycles. The molecule has 15 nitrogen and oxygen atoms in total. The zero-order chi connectivity index (χ0) is 38.3. The van der Waals surface area contributed by atoms with E-state index < -0.39 is 67.2 Å². The van der Waals surface area contributed by atoms with Crippen molar-refractivity contribution in [2.24, 2.45) is 0 Å². The van der Waals surface area contributed by atoms with Crippen LogP contribution in [0.25, 0.3) is 5.57 Å². The molecule has 19 heteroatoms. The highest BCUT2D eigenvalue weighted by Gasteiger charge is 2.48. The number of anilines is 1. The van der Waals surface area contributed by atoms with Crippen molar-refractivity contribution in [2.75, 3.05) is 29.9 Å². The summed E-state index contributed by atoms with van der Waals surface area (Å²) in [6.07, 6.45) is 1.87. The lowest BCUT2D eigenvalue weighted by Crippen LogP contribution is -2.77. The average Bonchev–Trinajstić information content (AvgIpc) is 3.03. The second-order valence-electron chi connectivity index (χ2n) is 12.6. The lowest BCUT2D eigenvalue weighted by molar-refractivity contribution is -0.458. The summed E-state index contributed by atoms with van der Waals surface area (Å²) >= 11 is 0. The van der Waals surface area contributed by atoms with Gasteiger partial charge in [0.2, 0.25) is 0 Å². The van der Waals surface area contributed by atoms with E-state index in [0.717, 1.165) is 5.56 Å². The molecule has 0 fully saturated rings. The molecule has 0 amide bonds. The van der Waals surface area contributed by atoms with Gasteiger partial charge in [0.15, 0.2) is 5.71 Å². The van der Waals surface area contributed by atoms with E-state index in [2.05, 4.69) is 10.3 Å². The van der Waals surface area contributed by atoms with E-state index in [1.165, 1.54) is 42.5 Å². The van der Waals surface area contributed by atoms with Crippen LogP contribution >= 0.6 is 0 Å². The minimum absolute atomic E-state index is 0.0439. The van der Waals surface area contributed by atoms with Crippen LogP contribution in [0.4, 0.5) is 5.69 Å². The third kappa shape index (κ3) is 8.80. The molecule has 0 spiro atoms. The molecule has 280 valence electrons. The van der Waals surface area contributed by atoms with E-state index in [-0.39, 0.29) is 60.5 Å². The van der Waals surface area contributed by atoms with Crippen LogP contribution in [0, 0.1) is 6.92 Å². The second kappa shape index (κ2) is 14.5. The van der Waals surface area contributed by atoms with Gasteiger partial charge in [0, 0.05) is 36.7 Å². The van der Waals surface area contributed by atoms with Gasteiger partial charge < -0.3 is 10.1 Å². The zero-order valence-electron chi connectivity index (χ0n) is 27.9. The zero-order valence-corrected chi connectivity index (χ0v) is 31.2. The summed E-state index contributed by atoms with van der Waals surface area (Å²) in [5.41, 5.74) is 1.26. The number of hydrogen-bond donors (Lipinski definition) is 6. The van der Waals surface area contributed by atoms with Crippen LogP contribution in [0.1, 0.15) is 42.0 Å². The first-order chi connectivity index (χ1) is 24.1. The van der Waals surface area contributed by atoms with Crippen molar-refractivity contribution in [2.45, 2.75) is 48.3 Å². The van der Waals surface area contributed by atoms with Gasteiger partial charge in [0.05, 0.1) is 27.4 Å². The van der Waals surface area contributed by atoms with Crippen LogP contribution in [0.2, 0.25) is 0 Å². The van der Waals surface area contributed by atoms with Crippen LogP contribution in [0.5, 0.6) is 5.75 Å². The first-order valence-corrected chi connectivity index (χ1v) is 21.9. The maximum atomic E-state index is 12.8. The largest absolute Gasteiger partial charge is 0.456 e. The Morgan fingerprint density at radius 2 is 1.40 bits per heavy atom. The summed E-state index contributed by atoms with van der Waals surface area (Å²) in [5, 5.41) is 3.12. The SMILES string of the molecule is Cc1cc2c(cc1NCCCS(=O)(=O)O)OC1=C(c3ccccc3S(=O)(=O)O)C(=[NH+]CCCS(=O)(=O)O)C(C)(c3ccccc3S(=O)(=O)O)C=C1C2. The van der Waals surface area contributed by atoms with Crippen molar-refractivity contribution in [3.05, 3.63) is 100 Å². The van der Waals surface area contributed by atoms with E-state index in [0.29, 0.717) is 22.6 Å². The Labute approximate surface area is 302 Å². The fourth-order valence-corrected chi connectivity index (χ4v) is 8.99. The first kappa shape index (κ1) is 39.3. The fourth-order valence-electron chi connectivity index (χ4n) is 6.46. The quantitative estimate of drug-likeness (QED) is 0.107. The van der Waals surface area contributed by atoms with Crippen molar-refractivity contribution in [1.82, 2.24) is 0 Å². The molecule has 1 atom stereocenters. The Balaban J connectivity index is 1.79. The van der Waals surface area contributed by atoms with Crippen molar-refractivity contribution >= 4 is 57.4 Å². The molecule has 3 aromatic rings. The maximum absolute atomic E-state index is 12.8. The summed E-state index contributed by atoms with van der Waals surface area (Å²) in [6.45, 7) is 3.51. The number of hydrogen-bond acceptors (Lipinski definition) is 10. The third-order valence-corrected chi connectivity index (χ3v) is 12.1. The predicted octanol–water partition coefficient (Wildman–Crippen LogP) is 2.22.